The van der Waals surface area contributed by atoms with Crippen LogP contribution in [0.25, 0.3) is 6.08 Å². The van der Waals surface area contributed by atoms with E-state index < -0.39 is 22.8 Å². The Kier molecular flexibility index (Phi) is 5.81. The lowest BCUT2D eigenvalue weighted by Crippen LogP contribution is -2.30. The number of nitro groups is 1. The Balaban J connectivity index is 1.81. The number of ether oxygens (including phenoxy) is 2. The van der Waals surface area contributed by atoms with Crippen molar-refractivity contribution in [2.24, 2.45) is 0 Å². The molecular weight excluding hydrogens is 398 g/mol. The molecule has 3 amide bonds. The van der Waals surface area contributed by atoms with E-state index in [2.05, 4.69) is 10.1 Å². The summed E-state index contributed by atoms with van der Waals surface area (Å²) < 4.78 is 15.0. The first-order chi connectivity index (χ1) is 14.3. The number of urea groups is 1. The van der Waals surface area contributed by atoms with Crippen molar-refractivity contribution in [3.8, 4) is 5.75 Å². The van der Waals surface area contributed by atoms with Crippen LogP contribution in [-0.4, -0.2) is 41.4 Å². The maximum absolute atomic E-state index is 12.6. The van der Waals surface area contributed by atoms with Crippen molar-refractivity contribution in [3.05, 3.63) is 63.2 Å². The number of carbonyl (C=O) groups excluding carboxylic acids is 3. The van der Waals surface area contributed by atoms with Crippen molar-refractivity contribution in [2.75, 3.05) is 13.7 Å². The molecule has 30 heavy (non-hydrogen) atoms. The highest BCUT2D eigenvalue weighted by Crippen LogP contribution is 2.29. The highest BCUT2D eigenvalue weighted by atomic mass is 16.6. The van der Waals surface area contributed by atoms with Crippen LogP contribution in [0.1, 0.15) is 28.8 Å². The molecule has 3 rings (SSSR count). The number of hydrogen-bond acceptors (Lipinski definition) is 8. The lowest BCUT2D eigenvalue weighted by molar-refractivity contribution is -0.385. The van der Waals surface area contributed by atoms with Crippen LogP contribution in [0, 0.1) is 10.1 Å². The molecule has 0 bridgehead atoms. The Hall–Kier alpha value is -4.15. The summed E-state index contributed by atoms with van der Waals surface area (Å²) in [5, 5.41) is 13.7. The normalized spacial score (nSPS) is 14.7. The maximum atomic E-state index is 12.6. The van der Waals surface area contributed by atoms with Gasteiger partial charge in [-0.05, 0) is 36.8 Å². The topological polar surface area (TPSA) is 141 Å². The van der Waals surface area contributed by atoms with Gasteiger partial charge < -0.3 is 19.2 Å². The monoisotopic (exact) mass is 415 g/mol. The van der Waals surface area contributed by atoms with Gasteiger partial charge in [-0.1, -0.05) is 6.07 Å². The number of nitrogens with zero attached hydrogens (tertiary/aromatic N) is 2. The van der Waals surface area contributed by atoms with Gasteiger partial charge in [0, 0.05) is 6.07 Å². The van der Waals surface area contributed by atoms with Crippen LogP contribution in [-0.2, 0) is 16.1 Å². The number of nitro benzene ring substituents is 1. The molecule has 2 aromatic rings. The molecule has 156 valence electrons. The van der Waals surface area contributed by atoms with Crippen molar-refractivity contribution in [1.29, 1.82) is 0 Å². The van der Waals surface area contributed by atoms with E-state index in [1.807, 2.05) is 0 Å². The summed E-state index contributed by atoms with van der Waals surface area (Å²) >= 11 is 0. The number of nitrogens with one attached hydrogen (secondary N) is 1. The molecule has 0 spiro atoms. The molecule has 0 unspecified atom stereocenters. The molecule has 1 N–H and O–H groups in total. The Bertz CT molecular complexity index is 1060. The largest absolute Gasteiger partial charge is 0.487 e. The van der Waals surface area contributed by atoms with Crippen LogP contribution in [0.4, 0.5) is 10.5 Å². The summed E-state index contributed by atoms with van der Waals surface area (Å²) in [5.74, 6) is -1.08. The molecule has 2 heterocycles. The lowest BCUT2D eigenvalue weighted by atomic mass is 10.1. The number of esters is 1. The van der Waals surface area contributed by atoms with Gasteiger partial charge in [-0.2, -0.15) is 0 Å². The first-order valence-corrected chi connectivity index (χ1v) is 8.76. The summed E-state index contributed by atoms with van der Waals surface area (Å²) in [7, 11) is 1.20. The van der Waals surface area contributed by atoms with Crippen molar-refractivity contribution >= 4 is 29.7 Å². The van der Waals surface area contributed by atoms with Crippen LogP contribution >= 0.6 is 0 Å². The minimum atomic E-state index is -0.692. The lowest BCUT2D eigenvalue weighted by Gasteiger charge is -2.09. The molecule has 1 saturated heterocycles. The van der Waals surface area contributed by atoms with E-state index in [9.17, 15) is 24.5 Å². The van der Waals surface area contributed by atoms with Crippen LogP contribution < -0.4 is 10.1 Å². The minimum absolute atomic E-state index is 0.0572. The standard InChI is InChI=1S/C19H17N3O8/c1-3-29-15-6-4-11(9-14(15)22(26)27)8-13-17(23)21(19(25)20-13)10-12-5-7-16(30-12)18(24)28-2/h4-9H,3,10H2,1-2H3,(H,20,25)/b13-8-. The number of hydrogen-bond donors (Lipinski definition) is 1. The molecule has 1 aliphatic heterocycles. The predicted molar refractivity (Wildman–Crippen MR) is 101 cm³/mol. The zero-order valence-corrected chi connectivity index (χ0v) is 16.0. The van der Waals surface area contributed by atoms with Crippen molar-refractivity contribution in [3.63, 3.8) is 0 Å². The Morgan fingerprint density at radius 3 is 2.73 bits per heavy atom. The van der Waals surface area contributed by atoms with E-state index in [1.54, 1.807) is 6.92 Å². The molecule has 0 atom stereocenters. The molecule has 11 nitrogen and oxygen atoms in total. The second-order valence-electron chi connectivity index (χ2n) is 6.05. The first-order valence-electron chi connectivity index (χ1n) is 8.76. The third-order valence-corrected chi connectivity index (χ3v) is 4.12. The summed E-state index contributed by atoms with van der Waals surface area (Å²) in [6.07, 6.45) is 1.32. The van der Waals surface area contributed by atoms with E-state index in [1.165, 1.54) is 43.5 Å². The fourth-order valence-corrected chi connectivity index (χ4v) is 2.76. The summed E-state index contributed by atoms with van der Waals surface area (Å²) in [6.45, 7) is 1.76. The van der Waals surface area contributed by atoms with Gasteiger partial charge in [0.2, 0.25) is 5.76 Å². The van der Waals surface area contributed by atoms with Gasteiger partial charge >= 0.3 is 17.7 Å². The first kappa shape index (κ1) is 20.6. The Morgan fingerprint density at radius 1 is 1.30 bits per heavy atom. The number of amides is 3. The fraction of sp³-hybridized carbons (Fsp3) is 0.211. The molecule has 1 aromatic carbocycles. The summed E-state index contributed by atoms with van der Waals surface area (Å²) in [6, 6.07) is 6.32. The van der Waals surface area contributed by atoms with E-state index in [0.29, 0.717) is 5.56 Å². The Morgan fingerprint density at radius 2 is 2.07 bits per heavy atom. The summed E-state index contributed by atoms with van der Waals surface area (Å²) in [4.78, 5) is 47.8. The predicted octanol–water partition coefficient (Wildman–Crippen LogP) is 2.47. The van der Waals surface area contributed by atoms with Gasteiger partial charge in [0.05, 0.1) is 25.2 Å². The number of imide groups is 1. The van der Waals surface area contributed by atoms with Gasteiger partial charge in [0.15, 0.2) is 5.75 Å². The van der Waals surface area contributed by atoms with Gasteiger partial charge in [0.25, 0.3) is 5.91 Å². The molecular formula is C19H17N3O8. The number of benzene rings is 1. The quantitative estimate of drug-likeness (QED) is 0.239. The highest BCUT2D eigenvalue weighted by molar-refractivity contribution is 6.13. The molecule has 11 heteroatoms. The zero-order valence-electron chi connectivity index (χ0n) is 16.0. The van der Waals surface area contributed by atoms with Crippen LogP contribution in [0.5, 0.6) is 5.75 Å². The second-order valence-corrected chi connectivity index (χ2v) is 6.05. The van der Waals surface area contributed by atoms with E-state index in [-0.39, 0.29) is 41.8 Å². The summed E-state index contributed by atoms with van der Waals surface area (Å²) in [5.41, 5.74) is 0.0191. The average molecular weight is 415 g/mol. The number of rotatable bonds is 7. The molecule has 0 saturated carbocycles. The van der Waals surface area contributed by atoms with Crippen LogP contribution in [0.15, 0.2) is 40.4 Å². The third-order valence-electron chi connectivity index (χ3n) is 4.12. The smallest absolute Gasteiger partial charge is 0.373 e. The fourth-order valence-electron chi connectivity index (χ4n) is 2.76. The van der Waals surface area contributed by atoms with E-state index >= 15 is 0 Å². The average Bonchev–Trinajstić information content (AvgIpc) is 3.29. The SMILES string of the molecule is CCOc1ccc(/C=C2\NC(=O)N(Cc3ccc(C(=O)OC)o3)C2=O)cc1[N+](=O)[O-]. The van der Waals surface area contributed by atoms with E-state index in [4.69, 9.17) is 9.15 Å². The molecule has 1 aromatic heterocycles. The van der Waals surface area contributed by atoms with Crippen molar-refractivity contribution in [1.82, 2.24) is 10.2 Å². The maximum Gasteiger partial charge on any atom is 0.373 e. The molecule has 1 fully saturated rings. The van der Waals surface area contributed by atoms with Gasteiger partial charge in [-0.25, -0.2) is 9.59 Å². The van der Waals surface area contributed by atoms with Crippen LogP contribution in [0.3, 0.4) is 0 Å². The molecule has 1 aliphatic rings. The highest BCUT2D eigenvalue weighted by Gasteiger charge is 2.34. The van der Waals surface area contributed by atoms with Gasteiger partial charge in [-0.15, -0.1) is 0 Å². The number of methoxy groups -OCH3 is 1. The van der Waals surface area contributed by atoms with Crippen molar-refractivity contribution in [2.45, 2.75) is 13.5 Å². The van der Waals surface area contributed by atoms with Gasteiger partial charge in [-0.3, -0.25) is 19.8 Å². The minimum Gasteiger partial charge on any atom is -0.487 e. The molecule has 0 radical (unpaired) electrons. The second kappa shape index (κ2) is 8.47. The third kappa shape index (κ3) is 4.14. The van der Waals surface area contributed by atoms with Gasteiger partial charge in [0.1, 0.15) is 11.5 Å². The number of furan rings is 1. The zero-order chi connectivity index (χ0) is 21.8. The van der Waals surface area contributed by atoms with Crippen LogP contribution in [0.2, 0.25) is 0 Å². The number of carbonyl (C=O) groups is 3. The molecule has 0 aliphatic carbocycles. The van der Waals surface area contributed by atoms with Crippen molar-refractivity contribution < 1.29 is 33.2 Å². The Labute approximate surface area is 170 Å². The van der Waals surface area contributed by atoms with E-state index in [0.717, 1.165) is 4.90 Å².